The first-order valence-electron chi connectivity index (χ1n) is 8.52. The van der Waals surface area contributed by atoms with Crippen LogP contribution in [0.3, 0.4) is 0 Å². The number of aromatic nitrogens is 3. The van der Waals surface area contributed by atoms with Crippen molar-refractivity contribution in [2.75, 3.05) is 12.4 Å². The van der Waals surface area contributed by atoms with Crippen LogP contribution in [0.5, 0.6) is 5.75 Å². The van der Waals surface area contributed by atoms with Crippen LogP contribution in [0, 0.1) is 6.92 Å². The minimum atomic E-state index is 0.697. The second-order valence-corrected chi connectivity index (χ2v) is 6.15. The lowest BCUT2D eigenvalue weighted by molar-refractivity contribution is 0.414. The first-order chi connectivity index (χ1) is 12.7. The number of anilines is 1. The summed E-state index contributed by atoms with van der Waals surface area (Å²) >= 11 is 0. The van der Waals surface area contributed by atoms with Crippen molar-refractivity contribution in [3.63, 3.8) is 0 Å². The predicted octanol–water partition coefficient (Wildman–Crippen LogP) is 4.33. The molecule has 5 nitrogen and oxygen atoms in total. The van der Waals surface area contributed by atoms with E-state index < -0.39 is 0 Å². The van der Waals surface area contributed by atoms with Gasteiger partial charge in [0.25, 0.3) is 0 Å². The number of nitrogens with zero attached hydrogens (tertiary/aromatic N) is 3. The van der Waals surface area contributed by atoms with Crippen molar-refractivity contribution in [1.29, 1.82) is 0 Å². The van der Waals surface area contributed by atoms with E-state index in [0.29, 0.717) is 6.54 Å². The number of hydrogen-bond acceptors (Lipinski definition) is 4. The second-order valence-electron chi connectivity index (χ2n) is 6.15. The van der Waals surface area contributed by atoms with Gasteiger partial charge in [-0.1, -0.05) is 42.5 Å². The van der Waals surface area contributed by atoms with Crippen molar-refractivity contribution in [2.24, 2.45) is 0 Å². The fourth-order valence-electron chi connectivity index (χ4n) is 2.91. The summed E-state index contributed by atoms with van der Waals surface area (Å²) in [4.78, 5) is 4.60. The molecule has 0 aliphatic heterocycles. The lowest BCUT2D eigenvalue weighted by atomic mass is 10.2. The van der Waals surface area contributed by atoms with Crippen LogP contribution in [0.15, 0.2) is 66.7 Å². The summed E-state index contributed by atoms with van der Waals surface area (Å²) in [6, 6.07) is 22.2. The summed E-state index contributed by atoms with van der Waals surface area (Å²) in [5, 5.41) is 8.20. The zero-order valence-corrected chi connectivity index (χ0v) is 14.8. The minimum absolute atomic E-state index is 0.697. The van der Waals surface area contributed by atoms with Gasteiger partial charge in [-0.05, 0) is 24.6 Å². The Balaban J connectivity index is 1.64. The van der Waals surface area contributed by atoms with E-state index in [1.54, 1.807) is 7.11 Å². The molecule has 0 aliphatic rings. The molecule has 130 valence electrons. The molecular formula is C21H20N4O. The van der Waals surface area contributed by atoms with Gasteiger partial charge >= 0.3 is 0 Å². The number of aryl methyl sites for hydroxylation is 1. The van der Waals surface area contributed by atoms with Crippen molar-refractivity contribution in [2.45, 2.75) is 13.5 Å². The molecule has 4 aromatic rings. The SMILES string of the molecule is COc1ccc(CNc2cc(C)nc3cc(-c4ccccc4)nn23)cc1. The summed E-state index contributed by atoms with van der Waals surface area (Å²) < 4.78 is 7.07. The molecular weight excluding hydrogens is 324 g/mol. The smallest absolute Gasteiger partial charge is 0.158 e. The van der Waals surface area contributed by atoms with Crippen LogP contribution < -0.4 is 10.1 Å². The molecule has 0 saturated heterocycles. The van der Waals surface area contributed by atoms with Gasteiger partial charge in [0.1, 0.15) is 11.6 Å². The molecule has 0 amide bonds. The zero-order chi connectivity index (χ0) is 17.9. The molecule has 4 rings (SSSR count). The van der Waals surface area contributed by atoms with Gasteiger partial charge in [-0.25, -0.2) is 4.98 Å². The maximum atomic E-state index is 5.21. The monoisotopic (exact) mass is 344 g/mol. The summed E-state index contributed by atoms with van der Waals surface area (Å²) in [5.74, 6) is 1.78. The predicted molar refractivity (Wildman–Crippen MR) is 103 cm³/mol. The van der Waals surface area contributed by atoms with E-state index in [0.717, 1.165) is 34.2 Å². The standard InChI is InChI=1S/C21H20N4O/c1-15-12-20(22-14-16-8-10-18(26-2)11-9-16)25-21(23-15)13-19(24-25)17-6-4-3-5-7-17/h3-13,22H,14H2,1-2H3. The van der Waals surface area contributed by atoms with Crippen LogP contribution in [0.2, 0.25) is 0 Å². The van der Waals surface area contributed by atoms with E-state index in [1.807, 2.05) is 53.9 Å². The first-order valence-corrected chi connectivity index (χ1v) is 8.52. The summed E-state index contributed by atoms with van der Waals surface area (Å²) in [5.41, 5.74) is 4.95. The molecule has 0 radical (unpaired) electrons. The zero-order valence-electron chi connectivity index (χ0n) is 14.8. The number of fused-ring (bicyclic) bond motifs is 1. The van der Waals surface area contributed by atoms with Gasteiger partial charge in [0.15, 0.2) is 5.65 Å². The third kappa shape index (κ3) is 3.24. The molecule has 0 fully saturated rings. The van der Waals surface area contributed by atoms with Gasteiger partial charge in [-0.15, -0.1) is 0 Å². The number of methoxy groups -OCH3 is 1. The molecule has 0 aliphatic carbocycles. The Hall–Kier alpha value is -3.34. The minimum Gasteiger partial charge on any atom is -0.497 e. The van der Waals surface area contributed by atoms with Crippen molar-refractivity contribution in [3.8, 4) is 17.0 Å². The van der Waals surface area contributed by atoms with Crippen molar-refractivity contribution in [3.05, 3.63) is 78.0 Å². The van der Waals surface area contributed by atoms with Crippen LogP contribution in [0.4, 0.5) is 5.82 Å². The van der Waals surface area contributed by atoms with E-state index in [4.69, 9.17) is 9.84 Å². The highest BCUT2D eigenvalue weighted by Crippen LogP contribution is 2.22. The average Bonchev–Trinajstić information content (AvgIpc) is 3.11. The number of benzene rings is 2. The fourth-order valence-corrected chi connectivity index (χ4v) is 2.91. The molecule has 0 unspecified atom stereocenters. The van der Waals surface area contributed by atoms with Crippen molar-refractivity contribution in [1.82, 2.24) is 14.6 Å². The van der Waals surface area contributed by atoms with E-state index in [9.17, 15) is 0 Å². The Morgan fingerprint density at radius 3 is 2.50 bits per heavy atom. The molecule has 26 heavy (non-hydrogen) atoms. The van der Waals surface area contributed by atoms with E-state index >= 15 is 0 Å². The van der Waals surface area contributed by atoms with Gasteiger partial charge in [0.2, 0.25) is 0 Å². The molecule has 0 bridgehead atoms. The topological polar surface area (TPSA) is 51.5 Å². The third-order valence-electron chi connectivity index (χ3n) is 4.26. The number of ether oxygens (including phenoxy) is 1. The van der Waals surface area contributed by atoms with Crippen molar-refractivity contribution >= 4 is 11.5 Å². The number of hydrogen-bond donors (Lipinski definition) is 1. The highest BCUT2D eigenvalue weighted by molar-refractivity contribution is 5.65. The molecule has 0 saturated carbocycles. The quantitative estimate of drug-likeness (QED) is 0.586. The Labute approximate surface area is 152 Å². The van der Waals surface area contributed by atoms with Crippen LogP contribution in [0.25, 0.3) is 16.9 Å². The highest BCUT2D eigenvalue weighted by atomic mass is 16.5. The highest BCUT2D eigenvalue weighted by Gasteiger charge is 2.09. The summed E-state index contributed by atoms with van der Waals surface area (Å²) in [6.07, 6.45) is 0. The largest absolute Gasteiger partial charge is 0.497 e. The fraction of sp³-hybridized carbons (Fsp3) is 0.143. The van der Waals surface area contributed by atoms with Crippen molar-refractivity contribution < 1.29 is 4.74 Å². The van der Waals surface area contributed by atoms with Gasteiger partial charge in [-0.2, -0.15) is 9.61 Å². The van der Waals surface area contributed by atoms with Crippen LogP contribution in [-0.2, 0) is 6.54 Å². The molecule has 2 aromatic carbocycles. The van der Waals surface area contributed by atoms with Gasteiger partial charge < -0.3 is 10.1 Å². The van der Waals surface area contributed by atoms with E-state index in [-0.39, 0.29) is 0 Å². The molecule has 2 aromatic heterocycles. The van der Waals surface area contributed by atoms with Gasteiger partial charge in [-0.3, -0.25) is 0 Å². The molecule has 2 heterocycles. The van der Waals surface area contributed by atoms with E-state index in [2.05, 4.69) is 34.6 Å². The Bertz CT molecular complexity index is 1020. The van der Waals surface area contributed by atoms with Gasteiger partial charge in [0, 0.05) is 29.9 Å². The average molecular weight is 344 g/mol. The number of nitrogens with one attached hydrogen (secondary N) is 1. The summed E-state index contributed by atoms with van der Waals surface area (Å²) in [6.45, 7) is 2.69. The van der Waals surface area contributed by atoms with E-state index in [1.165, 1.54) is 5.56 Å². The first kappa shape index (κ1) is 16.1. The maximum Gasteiger partial charge on any atom is 0.158 e. The Morgan fingerprint density at radius 2 is 1.77 bits per heavy atom. The third-order valence-corrected chi connectivity index (χ3v) is 4.26. The molecule has 0 spiro atoms. The lowest BCUT2D eigenvalue weighted by Crippen LogP contribution is -2.06. The van der Waals surface area contributed by atoms with Gasteiger partial charge in [0.05, 0.1) is 12.8 Å². The van der Waals surface area contributed by atoms with Crippen LogP contribution >= 0.6 is 0 Å². The van der Waals surface area contributed by atoms with Crippen LogP contribution in [-0.4, -0.2) is 21.7 Å². The molecule has 0 atom stereocenters. The summed E-state index contributed by atoms with van der Waals surface area (Å²) in [7, 11) is 1.67. The second kappa shape index (κ2) is 6.88. The lowest BCUT2D eigenvalue weighted by Gasteiger charge is -2.10. The number of rotatable bonds is 5. The normalized spacial score (nSPS) is 10.8. The Morgan fingerprint density at radius 1 is 1.00 bits per heavy atom. The Kier molecular flexibility index (Phi) is 4.27. The molecule has 1 N–H and O–H groups in total. The van der Waals surface area contributed by atoms with Crippen LogP contribution in [0.1, 0.15) is 11.3 Å². The molecule has 5 heteroatoms. The maximum absolute atomic E-state index is 5.21.